The minimum atomic E-state index is -0.550. The van der Waals surface area contributed by atoms with Crippen molar-refractivity contribution in [1.82, 2.24) is 20.3 Å². The second-order valence-corrected chi connectivity index (χ2v) is 6.93. The number of hydrogen-bond acceptors (Lipinski definition) is 7. The first kappa shape index (κ1) is 20.7. The second-order valence-electron chi connectivity index (χ2n) is 6.93. The summed E-state index contributed by atoms with van der Waals surface area (Å²) < 4.78 is 15.7. The van der Waals surface area contributed by atoms with E-state index in [1.54, 1.807) is 33.4 Å². The molecular weight excluding hydrogens is 376 g/mol. The van der Waals surface area contributed by atoms with E-state index in [2.05, 4.69) is 10.5 Å². The summed E-state index contributed by atoms with van der Waals surface area (Å²) in [5.41, 5.74) is 0.948. The van der Waals surface area contributed by atoms with E-state index in [1.807, 2.05) is 17.0 Å². The smallest absolute Gasteiger partial charge is 0.237 e. The highest BCUT2D eigenvalue weighted by Gasteiger charge is 2.32. The van der Waals surface area contributed by atoms with Gasteiger partial charge in [-0.2, -0.15) is 0 Å². The van der Waals surface area contributed by atoms with Crippen molar-refractivity contribution in [2.24, 2.45) is 0 Å². The fraction of sp³-hybridized carbons (Fsp3) is 0.450. The van der Waals surface area contributed by atoms with Gasteiger partial charge in [0.15, 0.2) is 5.76 Å². The van der Waals surface area contributed by atoms with E-state index in [1.165, 1.54) is 11.1 Å². The summed E-state index contributed by atoms with van der Waals surface area (Å²) in [6.45, 7) is 2.00. The molecule has 3 rings (SSSR count). The van der Waals surface area contributed by atoms with E-state index in [4.69, 9.17) is 14.0 Å². The molecule has 2 aromatic rings. The molecule has 0 saturated carbocycles. The minimum Gasteiger partial charge on any atom is -0.497 e. The molecular formula is C20H26N4O5. The molecule has 1 aliphatic rings. The van der Waals surface area contributed by atoms with Crippen molar-refractivity contribution >= 4 is 11.8 Å². The molecule has 1 aromatic carbocycles. The van der Waals surface area contributed by atoms with Gasteiger partial charge in [0.05, 0.1) is 39.4 Å². The summed E-state index contributed by atoms with van der Waals surface area (Å²) in [5, 5.41) is 6.50. The zero-order valence-electron chi connectivity index (χ0n) is 16.9. The van der Waals surface area contributed by atoms with E-state index in [9.17, 15) is 9.59 Å². The molecule has 0 bridgehead atoms. The molecule has 1 unspecified atom stereocenters. The van der Waals surface area contributed by atoms with Gasteiger partial charge in [0.2, 0.25) is 11.8 Å². The summed E-state index contributed by atoms with van der Waals surface area (Å²) in [4.78, 5) is 28.8. The van der Waals surface area contributed by atoms with E-state index in [-0.39, 0.29) is 18.2 Å². The molecule has 1 saturated heterocycles. The molecule has 9 nitrogen and oxygen atoms in total. The molecule has 1 aliphatic heterocycles. The molecule has 1 fully saturated rings. The van der Waals surface area contributed by atoms with Crippen molar-refractivity contribution in [3.05, 3.63) is 41.8 Å². The number of aromatic nitrogens is 1. The predicted molar refractivity (Wildman–Crippen MR) is 104 cm³/mol. The first-order valence-corrected chi connectivity index (χ1v) is 9.37. The summed E-state index contributed by atoms with van der Waals surface area (Å²) >= 11 is 0. The normalized spacial score (nSPS) is 16.9. The lowest BCUT2D eigenvalue weighted by molar-refractivity contribution is -0.138. The topological polar surface area (TPSA) is 97.1 Å². The summed E-state index contributed by atoms with van der Waals surface area (Å²) in [5.74, 6) is 1.67. The highest BCUT2D eigenvalue weighted by Crippen LogP contribution is 2.25. The van der Waals surface area contributed by atoms with Crippen LogP contribution in [0.5, 0.6) is 11.5 Å². The van der Waals surface area contributed by atoms with Crippen molar-refractivity contribution in [3.8, 4) is 11.5 Å². The van der Waals surface area contributed by atoms with Crippen LogP contribution in [0.4, 0.5) is 0 Å². The number of hydrogen-bond donors (Lipinski definition) is 1. The molecule has 2 heterocycles. The second kappa shape index (κ2) is 9.42. The third kappa shape index (κ3) is 5.26. The molecule has 29 heavy (non-hydrogen) atoms. The van der Waals surface area contributed by atoms with Crippen LogP contribution in [0.3, 0.4) is 0 Å². The van der Waals surface area contributed by atoms with Crippen LogP contribution < -0.4 is 14.8 Å². The zero-order chi connectivity index (χ0) is 20.8. The molecule has 0 aliphatic carbocycles. The third-order valence-electron chi connectivity index (χ3n) is 4.92. The maximum atomic E-state index is 12.7. The van der Waals surface area contributed by atoms with Crippen LogP contribution in [0.25, 0.3) is 0 Å². The Morgan fingerprint density at radius 1 is 1.31 bits per heavy atom. The van der Waals surface area contributed by atoms with Gasteiger partial charge < -0.3 is 24.2 Å². The average Bonchev–Trinajstić information content (AvgIpc) is 3.23. The van der Waals surface area contributed by atoms with E-state index in [0.29, 0.717) is 43.4 Å². The van der Waals surface area contributed by atoms with Gasteiger partial charge in [0.25, 0.3) is 0 Å². The van der Waals surface area contributed by atoms with Gasteiger partial charge in [0.1, 0.15) is 11.5 Å². The van der Waals surface area contributed by atoms with Gasteiger partial charge >= 0.3 is 0 Å². The highest BCUT2D eigenvalue weighted by atomic mass is 16.5. The Morgan fingerprint density at radius 3 is 2.66 bits per heavy atom. The van der Waals surface area contributed by atoms with Gasteiger partial charge in [-0.05, 0) is 17.7 Å². The Hall–Kier alpha value is -3.07. The Kier molecular flexibility index (Phi) is 6.71. The molecule has 1 aromatic heterocycles. The first-order valence-electron chi connectivity index (χ1n) is 9.37. The largest absolute Gasteiger partial charge is 0.497 e. The van der Waals surface area contributed by atoms with Gasteiger partial charge in [-0.3, -0.25) is 14.5 Å². The van der Waals surface area contributed by atoms with Crippen LogP contribution in [0, 0.1) is 0 Å². The lowest BCUT2D eigenvalue weighted by atomic mass is 10.1. The van der Waals surface area contributed by atoms with Crippen LogP contribution in [0.2, 0.25) is 0 Å². The Bertz CT molecular complexity index is 817. The number of carbonyl (C=O) groups excluding carboxylic acids is 2. The molecule has 9 heteroatoms. The van der Waals surface area contributed by atoms with Gasteiger partial charge in [-0.15, -0.1) is 0 Å². The summed E-state index contributed by atoms with van der Waals surface area (Å²) in [6, 6.07) is 6.77. The van der Waals surface area contributed by atoms with Crippen LogP contribution in [0.15, 0.2) is 35.0 Å². The van der Waals surface area contributed by atoms with Crippen molar-refractivity contribution < 1.29 is 23.6 Å². The van der Waals surface area contributed by atoms with Crippen LogP contribution in [-0.2, 0) is 22.7 Å². The molecule has 1 N–H and O–H groups in total. The van der Waals surface area contributed by atoms with Crippen molar-refractivity contribution in [3.63, 3.8) is 0 Å². The highest BCUT2D eigenvalue weighted by molar-refractivity contribution is 5.88. The van der Waals surface area contributed by atoms with E-state index in [0.717, 1.165) is 5.56 Å². The van der Waals surface area contributed by atoms with Crippen molar-refractivity contribution in [1.29, 1.82) is 0 Å². The monoisotopic (exact) mass is 402 g/mol. The minimum absolute atomic E-state index is 0.0809. The molecule has 1 atom stereocenters. The first-order chi connectivity index (χ1) is 14.0. The number of nitrogens with one attached hydrogen (secondary N) is 1. The average molecular weight is 402 g/mol. The summed E-state index contributed by atoms with van der Waals surface area (Å²) in [6.07, 6.45) is 1.62. The van der Waals surface area contributed by atoms with E-state index < -0.39 is 6.04 Å². The zero-order valence-corrected chi connectivity index (χ0v) is 16.9. The Labute approximate surface area is 169 Å². The number of benzene rings is 1. The number of rotatable bonds is 8. The maximum Gasteiger partial charge on any atom is 0.237 e. The predicted octanol–water partition coefficient (Wildman–Crippen LogP) is 1.04. The number of ether oxygens (including phenoxy) is 2. The molecule has 0 spiro atoms. The lowest BCUT2D eigenvalue weighted by Gasteiger charge is -2.35. The standard InChI is InChI=1S/C20H26N4O5/c1-23(13-15-4-5-22-29-15)19(25)11-18-20(26)21-6-7-24(18)12-14-8-16(27-2)10-17(9-14)28-3/h4-5,8-10,18H,6-7,11-13H2,1-3H3,(H,21,26). The fourth-order valence-corrected chi connectivity index (χ4v) is 3.33. The van der Waals surface area contributed by atoms with Crippen molar-refractivity contribution in [2.75, 3.05) is 34.4 Å². The fourth-order valence-electron chi connectivity index (χ4n) is 3.33. The number of carbonyl (C=O) groups is 2. The molecule has 156 valence electrons. The quantitative estimate of drug-likeness (QED) is 0.705. The van der Waals surface area contributed by atoms with Crippen LogP contribution in [0.1, 0.15) is 17.7 Å². The Balaban J connectivity index is 1.70. The van der Waals surface area contributed by atoms with Gasteiger partial charge in [-0.25, -0.2) is 0 Å². The number of amides is 2. The SMILES string of the molecule is COc1cc(CN2CCNC(=O)C2CC(=O)N(C)Cc2ccno2)cc(OC)c1. The number of piperazine rings is 1. The molecule has 0 radical (unpaired) electrons. The number of nitrogens with zero attached hydrogens (tertiary/aromatic N) is 3. The van der Waals surface area contributed by atoms with Crippen LogP contribution >= 0.6 is 0 Å². The van der Waals surface area contributed by atoms with Crippen molar-refractivity contribution in [2.45, 2.75) is 25.6 Å². The lowest BCUT2D eigenvalue weighted by Crippen LogP contribution is -2.56. The van der Waals surface area contributed by atoms with Gasteiger partial charge in [-0.1, -0.05) is 5.16 Å². The maximum absolute atomic E-state index is 12.7. The summed E-state index contributed by atoms with van der Waals surface area (Å²) in [7, 11) is 4.88. The number of methoxy groups -OCH3 is 2. The third-order valence-corrected chi connectivity index (χ3v) is 4.92. The molecule has 2 amide bonds. The van der Waals surface area contributed by atoms with E-state index >= 15 is 0 Å². The van der Waals surface area contributed by atoms with Gasteiger partial charge in [0, 0.05) is 38.8 Å². The Morgan fingerprint density at radius 2 is 2.03 bits per heavy atom. The van der Waals surface area contributed by atoms with Crippen LogP contribution in [-0.4, -0.2) is 67.2 Å².